The van der Waals surface area contributed by atoms with E-state index < -0.39 is 0 Å². The first kappa shape index (κ1) is 19.2. The first-order chi connectivity index (χ1) is 14.4. The third-order valence-electron chi connectivity index (χ3n) is 6.50. The van der Waals surface area contributed by atoms with Gasteiger partial charge in [0.1, 0.15) is 5.69 Å². The van der Waals surface area contributed by atoms with Crippen molar-refractivity contribution < 1.29 is 9.53 Å². The van der Waals surface area contributed by atoms with E-state index in [4.69, 9.17) is 4.74 Å². The van der Waals surface area contributed by atoms with Gasteiger partial charge in [0, 0.05) is 37.4 Å². The largest absolute Gasteiger partial charge is 0.381 e. The molecule has 5 rings (SSSR count). The number of hydrogen-bond acceptors (Lipinski definition) is 5. The highest BCUT2D eigenvalue weighted by Crippen LogP contribution is 2.37. The van der Waals surface area contributed by atoms with Gasteiger partial charge in [-0.15, -0.1) is 0 Å². The van der Waals surface area contributed by atoms with Crippen LogP contribution in [0.2, 0.25) is 0 Å². The van der Waals surface area contributed by atoms with E-state index in [0.29, 0.717) is 24.3 Å². The van der Waals surface area contributed by atoms with Crippen LogP contribution in [0, 0.1) is 11.3 Å². The highest BCUT2D eigenvalue weighted by atomic mass is 16.5. The van der Waals surface area contributed by atoms with Crippen molar-refractivity contribution >= 4 is 22.8 Å². The van der Waals surface area contributed by atoms with Crippen molar-refractivity contribution in [2.45, 2.75) is 46.0 Å². The number of amides is 1. The quantitative estimate of drug-likeness (QED) is 0.693. The number of nitrogens with one attached hydrogen (secondary N) is 2. The number of anilines is 1. The van der Waals surface area contributed by atoms with E-state index in [9.17, 15) is 4.79 Å². The molecular weight excluding hydrogens is 380 g/mol. The number of imidazole rings is 1. The Hall–Kier alpha value is -2.74. The Balaban J connectivity index is 1.42. The molecule has 2 N–H and O–H groups in total. The van der Waals surface area contributed by atoms with E-state index in [1.165, 1.54) is 11.3 Å². The van der Waals surface area contributed by atoms with E-state index in [1.54, 1.807) is 11.1 Å². The van der Waals surface area contributed by atoms with Gasteiger partial charge in [-0.2, -0.15) is 5.10 Å². The van der Waals surface area contributed by atoms with Crippen molar-refractivity contribution in [1.29, 1.82) is 0 Å². The number of carbonyl (C=O) groups excluding carboxylic acids is 1. The Morgan fingerprint density at radius 1 is 1.30 bits per heavy atom. The summed E-state index contributed by atoms with van der Waals surface area (Å²) in [4.78, 5) is 27.1. The van der Waals surface area contributed by atoms with Crippen LogP contribution >= 0.6 is 0 Å². The zero-order valence-electron chi connectivity index (χ0n) is 17.8. The van der Waals surface area contributed by atoms with Crippen LogP contribution in [0.15, 0.2) is 12.3 Å². The van der Waals surface area contributed by atoms with Gasteiger partial charge < -0.3 is 14.6 Å². The van der Waals surface area contributed by atoms with Crippen LogP contribution in [0.25, 0.3) is 22.7 Å². The van der Waals surface area contributed by atoms with Crippen molar-refractivity contribution in [3.05, 3.63) is 23.5 Å². The molecule has 4 heterocycles. The van der Waals surface area contributed by atoms with Gasteiger partial charge in [0.05, 0.1) is 17.4 Å². The molecule has 0 atom stereocenters. The molecule has 0 bridgehead atoms. The summed E-state index contributed by atoms with van der Waals surface area (Å²) >= 11 is 0. The predicted molar refractivity (Wildman–Crippen MR) is 114 cm³/mol. The first-order valence-corrected chi connectivity index (χ1v) is 10.7. The Morgan fingerprint density at radius 3 is 2.90 bits per heavy atom. The van der Waals surface area contributed by atoms with E-state index >= 15 is 0 Å². The van der Waals surface area contributed by atoms with Crippen molar-refractivity contribution in [1.82, 2.24) is 25.1 Å². The summed E-state index contributed by atoms with van der Waals surface area (Å²) < 4.78 is 5.38. The highest BCUT2D eigenvalue weighted by Gasteiger charge is 2.30. The highest BCUT2D eigenvalue weighted by molar-refractivity contribution is 5.95. The second-order valence-corrected chi connectivity index (χ2v) is 9.30. The minimum atomic E-state index is 0.0107. The standard InChI is InChI=1S/C22H28N6O2/c1-22(2)7-4-15-17(11-22)26-27-18(15)20-24-16-10-14(12-23-19(16)25-20)28(3)21(29)13-5-8-30-9-6-13/h10,12-13H,4-9,11H2,1-3H3,(H,26,27)(H,23,24,25). The van der Waals surface area contributed by atoms with E-state index in [-0.39, 0.29) is 11.8 Å². The summed E-state index contributed by atoms with van der Waals surface area (Å²) in [6.45, 7) is 5.88. The fraction of sp³-hybridized carbons (Fsp3) is 0.545. The molecular formula is C22H28N6O2. The number of aromatic amines is 2. The molecule has 30 heavy (non-hydrogen) atoms. The van der Waals surface area contributed by atoms with Crippen molar-refractivity contribution in [2.24, 2.45) is 11.3 Å². The summed E-state index contributed by atoms with van der Waals surface area (Å²) in [5.74, 6) is 0.852. The lowest BCUT2D eigenvalue weighted by Crippen LogP contribution is -2.36. The molecule has 0 spiro atoms. The van der Waals surface area contributed by atoms with Crippen LogP contribution in [0.4, 0.5) is 5.69 Å². The molecule has 1 aliphatic carbocycles. The predicted octanol–water partition coefficient (Wildman–Crippen LogP) is 3.25. The lowest BCUT2D eigenvalue weighted by molar-refractivity contribution is -0.124. The van der Waals surface area contributed by atoms with Crippen LogP contribution in [-0.2, 0) is 22.4 Å². The van der Waals surface area contributed by atoms with Gasteiger partial charge in [0.15, 0.2) is 11.5 Å². The first-order valence-electron chi connectivity index (χ1n) is 10.7. The number of aromatic nitrogens is 5. The molecule has 3 aromatic heterocycles. The van der Waals surface area contributed by atoms with Crippen molar-refractivity contribution in [3.63, 3.8) is 0 Å². The number of nitrogens with zero attached hydrogens (tertiary/aromatic N) is 4. The molecule has 1 aliphatic heterocycles. The van der Waals surface area contributed by atoms with Crippen molar-refractivity contribution in [2.75, 3.05) is 25.2 Å². The minimum Gasteiger partial charge on any atom is -0.381 e. The smallest absolute Gasteiger partial charge is 0.230 e. The molecule has 0 radical (unpaired) electrons. The molecule has 1 saturated heterocycles. The van der Waals surface area contributed by atoms with Gasteiger partial charge in [-0.1, -0.05) is 13.8 Å². The zero-order chi connectivity index (χ0) is 20.9. The fourth-order valence-corrected chi connectivity index (χ4v) is 4.57. The summed E-state index contributed by atoms with van der Waals surface area (Å²) in [7, 11) is 1.81. The lowest BCUT2D eigenvalue weighted by atomic mass is 9.76. The Labute approximate surface area is 175 Å². The lowest BCUT2D eigenvalue weighted by Gasteiger charge is -2.28. The average Bonchev–Trinajstić information content (AvgIpc) is 3.35. The average molecular weight is 409 g/mol. The SMILES string of the molecule is CN(C(=O)C1CCOCC1)c1cnc2nc(-c3n[nH]c4c3CCC(C)(C)C4)[nH]c2c1. The van der Waals surface area contributed by atoms with Gasteiger partial charge in [0.2, 0.25) is 5.91 Å². The molecule has 0 aromatic carbocycles. The number of pyridine rings is 1. The number of H-pyrrole nitrogens is 2. The number of fused-ring (bicyclic) bond motifs is 2. The number of ether oxygens (including phenoxy) is 1. The number of hydrogen-bond donors (Lipinski definition) is 2. The van der Waals surface area contributed by atoms with E-state index in [1.807, 2.05) is 13.1 Å². The van der Waals surface area contributed by atoms with Crippen molar-refractivity contribution in [3.8, 4) is 11.5 Å². The number of rotatable bonds is 3. The topological polar surface area (TPSA) is 99.8 Å². The number of carbonyl (C=O) groups is 1. The molecule has 3 aromatic rings. The van der Waals surface area contributed by atoms with Crippen LogP contribution < -0.4 is 4.90 Å². The molecule has 2 aliphatic rings. The molecule has 0 saturated carbocycles. The molecule has 1 amide bonds. The maximum Gasteiger partial charge on any atom is 0.230 e. The van der Waals surface area contributed by atoms with Gasteiger partial charge in [0.25, 0.3) is 0 Å². The molecule has 8 heteroatoms. The van der Waals surface area contributed by atoms with Gasteiger partial charge in [-0.25, -0.2) is 9.97 Å². The maximum absolute atomic E-state index is 12.8. The van der Waals surface area contributed by atoms with Gasteiger partial charge in [-0.3, -0.25) is 9.89 Å². The maximum atomic E-state index is 12.8. The summed E-state index contributed by atoms with van der Waals surface area (Å²) in [6, 6.07) is 1.94. The second-order valence-electron chi connectivity index (χ2n) is 9.30. The van der Waals surface area contributed by atoms with Gasteiger partial charge in [-0.05, 0) is 43.6 Å². The second kappa shape index (κ2) is 7.19. The van der Waals surface area contributed by atoms with Crippen LogP contribution in [0.5, 0.6) is 0 Å². The van der Waals surface area contributed by atoms with Gasteiger partial charge >= 0.3 is 0 Å². The summed E-state index contributed by atoms with van der Waals surface area (Å²) in [6.07, 6.45) is 6.38. The molecule has 1 fully saturated rings. The monoisotopic (exact) mass is 408 g/mol. The fourth-order valence-electron chi connectivity index (χ4n) is 4.57. The minimum absolute atomic E-state index is 0.0107. The summed E-state index contributed by atoms with van der Waals surface area (Å²) in [5, 5.41) is 7.76. The molecule has 158 valence electrons. The Morgan fingerprint density at radius 2 is 2.10 bits per heavy atom. The normalized spacial score (nSPS) is 19.0. The van der Waals surface area contributed by atoms with E-state index in [2.05, 4.69) is 39.0 Å². The third kappa shape index (κ3) is 3.39. The van der Waals surface area contributed by atoms with E-state index in [0.717, 1.165) is 54.8 Å². The Bertz CT molecular complexity index is 1090. The van der Waals surface area contributed by atoms with Crippen LogP contribution in [0.3, 0.4) is 0 Å². The third-order valence-corrected chi connectivity index (χ3v) is 6.50. The molecule has 0 unspecified atom stereocenters. The van der Waals surface area contributed by atoms with Crippen LogP contribution in [-0.4, -0.2) is 51.3 Å². The summed E-state index contributed by atoms with van der Waals surface area (Å²) in [5.41, 5.74) is 5.84. The zero-order valence-corrected chi connectivity index (χ0v) is 17.8. The molecule has 8 nitrogen and oxygen atoms in total. The Kier molecular flexibility index (Phi) is 4.61. The van der Waals surface area contributed by atoms with Crippen LogP contribution in [0.1, 0.15) is 44.4 Å².